The predicted molar refractivity (Wildman–Crippen MR) is 45.7 cm³/mol. The molecule has 2 aromatic rings. The molecule has 0 amide bonds. The molecule has 0 saturated carbocycles. The van der Waals surface area contributed by atoms with Gasteiger partial charge in [-0.3, -0.25) is 4.40 Å². The van der Waals surface area contributed by atoms with Crippen LogP contribution in [0, 0.1) is 0 Å². The van der Waals surface area contributed by atoms with Crippen molar-refractivity contribution in [3.05, 3.63) is 30.4 Å². The number of hydrogen-bond acceptors (Lipinski definition) is 3. The van der Waals surface area contributed by atoms with E-state index in [1.54, 1.807) is 6.20 Å². The maximum atomic E-state index is 4.21. The molecular weight excluding hydrogens is 158 g/mol. The average Bonchev–Trinajstić information content (AvgIpc) is 2.46. The summed E-state index contributed by atoms with van der Waals surface area (Å²) in [5.74, 6) is 1.39. The molecule has 2 rings (SSSR count). The van der Waals surface area contributed by atoms with Crippen LogP contribution in [0.4, 0.5) is 0 Å². The zero-order valence-electron chi connectivity index (χ0n) is 5.81. The lowest BCUT2D eigenvalue weighted by atomic mass is 10.6. The van der Waals surface area contributed by atoms with Crippen molar-refractivity contribution in [2.75, 3.05) is 0 Å². The Kier molecular flexibility index (Phi) is 1.54. The van der Waals surface area contributed by atoms with Crippen molar-refractivity contribution in [1.82, 2.24) is 14.4 Å². The van der Waals surface area contributed by atoms with Crippen LogP contribution in [0.5, 0.6) is 0 Å². The van der Waals surface area contributed by atoms with Crippen LogP contribution in [0.2, 0.25) is 0 Å². The number of fused-ring (bicyclic) bond motifs is 1. The number of imidazole rings is 1. The van der Waals surface area contributed by atoms with Gasteiger partial charge in [-0.2, -0.15) is 12.6 Å². The van der Waals surface area contributed by atoms with Crippen LogP contribution < -0.4 is 0 Å². The second kappa shape index (κ2) is 2.54. The Morgan fingerprint density at radius 2 is 2.45 bits per heavy atom. The zero-order valence-corrected chi connectivity index (χ0v) is 6.70. The average molecular weight is 165 g/mol. The number of hydrogen-bond donors (Lipinski definition) is 1. The third-order valence-corrected chi connectivity index (χ3v) is 1.77. The number of aromatic nitrogens is 3. The fraction of sp³-hybridized carbons (Fsp3) is 0.143. The smallest absolute Gasteiger partial charge is 0.233 e. The monoisotopic (exact) mass is 165 g/mol. The molecule has 11 heavy (non-hydrogen) atoms. The maximum absolute atomic E-state index is 4.21. The Bertz CT molecular complexity index is 335. The van der Waals surface area contributed by atoms with Crippen molar-refractivity contribution >= 4 is 18.4 Å². The van der Waals surface area contributed by atoms with Crippen molar-refractivity contribution < 1.29 is 0 Å². The zero-order chi connectivity index (χ0) is 7.68. The number of nitrogens with zero attached hydrogens (tertiary/aromatic N) is 3. The van der Waals surface area contributed by atoms with Crippen molar-refractivity contribution in [3.8, 4) is 0 Å². The predicted octanol–water partition coefficient (Wildman–Crippen LogP) is 1.16. The molecule has 0 spiro atoms. The van der Waals surface area contributed by atoms with Crippen molar-refractivity contribution in [2.45, 2.75) is 5.75 Å². The minimum absolute atomic E-state index is 0.656. The fourth-order valence-electron chi connectivity index (χ4n) is 0.956. The normalized spacial score (nSPS) is 10.6. The van der Waals surface area contributed by atoms with Gasteiger partial charge in [-0.05, 0) is 6.07 Å². The Morgan fingerprint density at radius 3 is 3.18 bits per heavy atom. The molecule has 0 N–H and O–H groups in total. The molecule has 3 nitrogen and oxygen atoms in total. The van der Waals surface area contributed by atoms with Gasteiger partial charge in [0.25, 0.3) is 0 Å². The standard InChI is InChI=1S/C7H7N3S/c11-5-6-4-10-3-1-2-8-7(10)9-6/h1-4,11H,5H2. The van der Waals surface area contributed by atoms with E-state index in [0.29, 0.717) is 5.75 Å². The van der Waals surface area contributed by atoms with E-state index >= 15 is 0 Å². The van der Waals surface area contributed by atoms with Crippen LogP contribution in [0.25, 0.3) is 5.78 Å². The third kappa shape index (κ3) is 1.09. The summed E-state index contributed by atoms with van der Waals surface area (Å²) in [5, 5.41) is 0. The minimum Gasteiger partial charge on any atom is -0.291 e. The summed E-state index contributed by atoms with van der Waals surface area (Å²) in [6, 6.07) is 1.87. The highest BCUT2D eigenvalue weighted by molar-refractivity contribution is 7.79. The first-order valence-corrected chi connectivity index (χ1v) is 3.93. The van der Waals surface area contributed by atoms with E-state index < -0.39 is 0 Å². The van der Waals surface area contributed by atoms with Crippen LogP contribution in [0.3, 0.4) is 0 Å². The van der Waals surface area contributed by atoms with Crippen LogP contribution in [0.15, 0.2) is 24.7 Å². The largest absolute Gasteiger partial charge is 0.291 e. The molecule has 2 aromatic heterocycles. The molecular formula is C7H7N3S. The lowest BCUT2D eigenvalue weighted by molar-refractivity contribution is 1.11. The van der Waals surface area contributed by atoms with Crippen LogP contribution in [0.1, 0.15) is 5.69 Å². The summed E-state index contributed by atoms with van der Waals surface area (Å²) in [6.45, 7) is 0. The molecule has 0 fully saturated rings. The molecule has 0 saturated heterocycles. The molecule has 4 heteroatoms. The van der Waals surface area contributed by atoms with E-state index in [0.717, 1.165) is 11.5 Å². The third-order valence-electron chi connectivity index (χ3n) is 1.45. The molecule has 0 aliphatic rings. The lowest BCUT2D eigenvalue weighted by Gasteiger charge is -1.85. The van der Waals surface area contributed by atoms with Gasteiger partial charge >= 0.3 is 0 Å². The first-order chi connectivity index (χ1) is 5.40. The molecule has 0 radical (unpaired) electrons. The van der Waals surface area contributed by atoms with Gasteiger partial charge < -0.3 is 0 Å². The van der Waals surface area contributed by atoms with E-state index in [1.807, 2.05) is 22.9 Å². The second-order valence-electron chi connectivity index (χ2n) is 2.22. The van der Waals surface area contributed by atoms with E-state index in [-0.39, 0.29) is 0 Å². The summed E-state index contributed by atoms with van der Waals surface area (Å²) in [4.78, 5) is 8.27. The first kappa shape index (κ1) is 6.67. The molecule has 0 aromatic carbocycles. The van der Waals surface area contributed by atoms with Crippen molar-refractivity contribution in [2.24, 2.45) is 0 Å². The Labute approximate surface area is 69.5 Å². The molecule has 0 aliphatic carbocycles. The topological polar surface area (TPSA) is 30.2 Å². The number of thiol groups is 1. The minimum atomic E-state index is 0.656. The van der Waals surface area contributed by atoms with Gasteiger partial charge in [-0.15, -0.1) is 0 Å². The van der Waals surface area contributed by atoms with Gasteiger partial charge in [-0.1, -0.05) is 0 Å². The maximum Gasteiger partial charge on any atom is 0.233 e. The van der Waals surface area contributed by atoms with E-state index in [9.17, 15) is 0 Å². The van der Waals surface area contributed by atoms with Crippen molar-refractivity contribution in [3.63, 3.8) is 0 Å². The summed E-state index contributed by atoms with van der Waals surface area (Å²) >= 11 is 4.12. The van der Waals surface area contributed by atoms with Gasteiger partial charge in [0.2, 0.25) is 5.78 Å². The lowest BCUT2D eigenvalue weighted by Crippen LogP contribution is -1.82. The Hall–Kier alpha value is -1.03. The molecule has 0 bridgehead atoms. The summed E-state index contributed by atoms with van der Waals surface area (Å²) in [6.07, 6.45) is 5.57. The number of rotatable bonds is 1. The quantitative estimate of drug-likeness (QED) is 0.643. The van der Waals surface area contributed by atoms with Gasteiger partial charge in [0.05, 0.1) is 5.69 Å². The summed E-state index contributed by atoms with van der Waals surface area (Å²) in [5.41, 5.74) is 0.951. The van der Waals surface area contributed by atoms with Crippen LogP contribution >= 0.6 is 12.6 Å². The van der Waals surface area contributed by atoms with Gasteiger partial charge in [0.1, 0.15) is 0 Å². The SMILES string of the molecule is SCc1cn2cccnc2n1. The molecule has 0 atom stereocenters. The first-order valence-electron chi connectivity index (χ1n) is 3.29. The van der Waals surface area contributed by atoms with E-state index in [4.69, 9.17) is 0 Å². The Morgan fingerprint density at radius 1 is 1.55 bits per heavy atom. The highest BCUT2D eigenvalue weighted by atomic mass is 32.1. The highest BCUT2D eigenvalue weighted by Crippen LogP contribution is 2.03. The van der Waals surface area contributed by atoms with E-state index in [1.165, 1.54) is 0 Å². The van der Waals surface area contributed by atoms with Crippen LogP contribution in [-0.2, 0) is 5.75 Å². The van der Waals surface area contributed by atoms with Gasteiger partial charge in [0.15, 0.2) is 0 Å². The molecule has 0 aliphatic heterocycles. The van der Waals surface area contributed by atoms with Crippen LogP contribution in [-0.4, -0.2) is 14.4 Å². The second-order valence-corrected chi connectivity index (χ2v) is 2.53. The molecule has 56 valence electrons. The van der Waals surface area contributed by atoms with Crippen molar-refractivity contribution in [1.29, 1.82) is 0 Å². The van der Waals surface area contributed by atoms with E-state index in [2.05, 4.69) is 22.6 Å². The highest BCUT2D eigenvalue weighted by Gasteiger charge is 1.97. The fourth-order valence-corrected chi connectivity index (χ4v) is 1.11. The summed E-state index contributed by atoms with van der Waals surface area (Å²) < 4.78 is 1.88. The summed E-state index contributed by atoms with van der Waals surface area (Å²) in [7, 11) is 0. The van der Waals surface area contributed by atoms with Gasteiger partial charge in [-0.25, -0.2) is 9.97 Å². The van der Waals surface area contributed by atoms with Gasteiger partial charge in [0, 0.05) is 24.3 Å². The molecule has 0 unspecified atom stereocenters. The Balaban J connectivity index is 2.69. The molecule has 2 heterocycles.